The number of morpholine rings is 1. The second-order valence-corrected chi connectivity index (χ2v) is 7.63. The van der Waals surface area contributed by atoms with E-state index >= 15 is 0 Å². The third kappa shape index (κ3) is 3.23. The van der Waals surface area contributed by atoms with Gasteiger partial charge in [-0.15, -0.1) is 11.3 Å². The van der Waals surface area contributed by atoms with Crippen LogP contribution in [0.4, 0.5) is 5.82 Å². The van der Waals surface area contributed by atoms with E-state index in [1.807, 2.05) is 0 Å². The first-order valence-corrected chi connectivity index (χ1v) is 9.68. The van der Waals surface area contributed by atoms with E-state index in [1.165, 1.54) is 0 Å². The molecule has 2 fully saturated rings. The largest absolute Gasteiger partial charge is 0.378 e. The molecule has 8 heteroatoms. The molecular weight excluding hydrogens is 346 g/mol. The summed E-state index contributed by atoms with van der Waals surface area (Å²) < 4.78 is 5.48. The van der Waals surface area contributed by atoms with Crippen LogP contribution in [0.15, 0.2) is 11.4 Å². The third-order valence-electron chi connectivity index (χ3n) is 4.70. The van der Waals surface area contributed by atoms with Gasteiger partial charge in [-0.3, -0.25) is 4.90 Å². The Kier molecular flexibility index (Phi) is 4.87. The summed E-state index contributed by atoms with van der Waals surface area (Å²) in [5.74, 6) is 1.72. The molecule has 6 nitrogen and oxygen atoms in total. The number of likely N-dealkylation sites (N-methyl/N-ethyl adjacent to an activating group) is 1. The van der Waals surface area contributed by atoms with Gasteiger partial charge in [0.05, 0.1) is 18.6 Å². The number of halogens is 1. The van der Waals surface area contributed by atoms with Gasteiger partial charge in [0, 0.05) is 39.3 Å². The summed E-state index contributed by atoms with van der Waals surface area (Å²) in [5, 5.41) is 3.19. The van der Waals surface area contributed by atoms with Crippen LogP contribution in [-0.2, 0) is 4.74 Å². The Hall–Kier alpha value is -0.990. The Balaban J connectivity index is 1.65. The molecule has 130 valence electrons. The van der Waals surface area contributed by atoms with E-state index in [0.717, 1.165) is 74.3 Å². The topological polar surface area (TPSA) is 44.7 Å². The number of nitrogens with zero attached hydrogens (tertiary/aromatic N) is 5. The zero-order chi connectivity index (χ0) is 16.5. The lowest BCUT2D eigenvalue weighted by Crippen LogP contribution is -2.45. The first kappa shape index (κ1) is 16.5. The first-order chi connectivity index (χ1) is 11.7. The van der Waals surface area contributed by atoms with Gasteiger partial charge in [-0.05, 0) is 18.5 Å². The first-order valence-electron chi connectivity index (χ1n) is 8.37. The molecule has 24 heavy (non-hydrogen) atoms. The van der Waals surface area contributed by atoms with Gasteiger partial charge in [-0.2, -0.15) is 0 Å². The molecule has 2 aliphatic rings. The summed E-state index contributed by atoms with van der Waals surface area (Å²) in [4.78, 5) is 17.5. The smallest absolute Gasteiger partial charge is 0.164 e. The van der Waals surface area contributed by atoms with Gasteiger partial charge in [0.25, 0.3) is 0 Å². The summed E-state index contributed by atoms with van der Waals surface area (Å²) in [6.45, 7) is 7.17. The minimum absolute atomic E-state index is 0.273. The zero-order valence-electron chi connectivity index (χ0n) is 13.8. The Labute approximate surface area is 151 Å². The molecule has 1 unspecified atom stereocenters. The summed E-state index contributed by atoms with van der Waals surface area (Å²) in [7, 11) is 2.14. The van der Waals surface area contributed by atoms with Crippen molar-refractivity contribution in [3.05, 3.63) is 17.3 Å². The lowest BCUT2D eigenvalue weighted by atomic mass is 10.3. The highest BCUT2D eigenvalue weighted by Crippen LogP contribution is 2.32. The predicted molar refractivity (Wildman–Crippen MR) is 98.1 cm³/mol. The number of hydrogen-bond donors (Lipinski definition) is 0. The number of ether oxygens (including phenoxy) is 1. The van der Waals surface area contributed by atoms with Gasteiger partial charge in [0.2, 0.25) is 0 Å². The summed E-state index contributed by atoms with van der Waals surface area (Å²) in [6, 6.07) is 2.10. The maximum Gasteiger partial charge on any atom is 0.164 e. The van der Waals surface area contributed by atoms with Crippen LogP contribution in [-0.4, -0.2) is 79.3 Å². The SMILES string of the molecule is CN1CCN(C(Cl)c2nc(N3CCOCC3)c3ccsc3n2)CC1. The standard InChI is InChI=1S/C16H22ClN5OS/c1-20-3-5-21(6-4-20)13(17)14-18-15(22-7-9-23-10-8-22)12-2-11-24-16(12)19-14/h2,11,13H,3-10H2,1H3. The van der Waals surface area contributed by atoms with Crippen LogP contribution in [0.25, 0.3) is 10.2 Å². The van der Waals surface area contributed by atoms with Gasteiger partial charge in [0.15, 0.2) is 5.82 Å². The highest BCUT2D eigenvalue weighted by atomic mass is 35.5. The molecule has 0 aromatic carbocycles. The van der Waals surface area contributed by atoms with Crippen molar-refractivity contribution >= 4 is 39.0 Å². The number of thiophene rings is 1. The van der Waals surface area contributed by atoms with Crippen molar-refractivity contribution in [3.63, 3.8) is 0 Å². The van der Waals surface area contributed by atoms with E-state index in [-0.39, 0.29) is 5.50 Å². The minimum Gasteiger partial charge on any atom is -0.378 e. The van der Waals surface area contributed by atoms with Crippen LogP contribution in [0.3, 0.4) is 0 Å². The van der Waals surface area contributed by atoms with Crippen LogP contribution in [0, 0.1) is 0 Å². The van der Waals surface area contributed by atoms with E-state index in [2.05, 4.69) is 33.2 Å². The molecule has 2 saturated heterocycles. The molecule has 1 atom stereocenters. The lowest BCUT2D eigenvalue weighted by Gasteiger charge is -2.35. The number of fused-ring (bicyclic) bond motifs is 1. The zero-order valence-corrected chi connectivity index (χ0v) is 15.4. The predicted octanol–water partition coefficient (Wildman–Crippen LogP) is 2.01. The van der Waals surface area contributed by atoms with Crippen molar-refractivity contribution in [2.75, 3.05) is 64.4 Å². The normalized spacial score (nSPS) is 22.2. The van der Waals surface area contributed by atoms with Gasteiger partial charge in [0.1, 0.15) is 16.1 Å². The molecule has 2 aromatic heterocycles. The average Bonchev–Trinajstić information content (AvgIpc) is 3.10. The molecule has 0 saturated carbocycles. The Morgan fingerprint density at radius 3 is 2.62 bits per heavy atom. The van der Waals surface area contributed by atoms with Crippen molar-refractivity contribution in [1.82, 2.24) is 19.8 Å². The molecule has 0 amide bonds. The minimum atomic E-state index is -0.273. The molecule has 0 spiro atoms. The van der Waals surface area contributed by atoms with Gasteiger partial charge in [-0.25, -0.2) is 9.97 Å². The summed E-state index contributed by atoms with van der Waals surface area (Å²) >= 11 is 8.40. The Morgan fingerprint density at radius 1 is 1.12 bits per heavy atom. The van der Waals surface area contributed by atoms with Crippen LogP contribution in [0.2, 0.25) is 0 Å². The van der Waals surface area contributed by atoms with Crippen LogP contribution in [0.1, 0.15) is 11.3 Å². The molecule has 0 aliphatic carbocycles. The molecule has 4 rings (SSSR count). The summed E-state index contributed by atoms with van der Waals surface area (Å²) in [6.07, 6.45) is 0. The van der Waals surface area contributed by atoms with E-state index in [4.69, 9.17) is 26.3 Å². The van der Waals surface area contributed by atoms with Crippen molar-refractivity contribution in [2.24, 2.45) is 0 Å². The van der Waals surface area contributed by atoms with E-state index < -0.39 is 0 Å². The van der Waals surface area contributed by atoms with Gasteiger partial charge >= 0.3 is 0 Å². The monoisotopic (exact) mass is 367 g/mol. The van der Waals surface area contributed by atoms with Crippen molar-refractivity contribution < 1.29 is 4.74 Å². The molecule has 2 aliphatic heterocycles. The maximum atomic E-state index is 6.75. The van der Waals surface area contributed by atoms with Crippen LogP contribution in [0.5, 0.6) is 0 Å². The molecule has 0 N–H and O–H groups in total. The van der Waals surface area contributed by atoms with Crippen molar-refractivity contribution in [3.8, 4) is 0 Å². The molecule has 4 heterocycles. The number of alkyl halides is 1. The molecule has 0 bridgehead atoms. The second kappa shape index (κ2) is 7.09. The highest BCUT2D eigenvalue weighted by Gasteiger charge is 2.26. The van der Waals surface area contributed by atoms with Crippen LogP contribution < -0.4 is 4.90 Å². The van der Waals surface area contributed by atoms with Crippen molar-refractivity contribution in [2.45, 2.75) is 5.50 Å². The fourth-order valence-electron chi connectivity index (χ4n) is 3.19. The average molecular weight is 368 g/mol. The molecular formula is C16H22ClN5OS. The molecule has 2 aromatic rings. The fourth-order valence-corrected chi connectivity index (χ4v) is 4.25. The summed E-state index contributed by atoms with van der Waals surface area (Å²) in [5.41, 5.74) is -0.273. The fraction of sp³-hybridized carbons (Fsp3) is 0.625. The molecule has 0 radical (unpaired) electrons. The number of hydrogen-bond acceptors (Lipinski definition) is 7. The quantitative estimate of drug-likeness (QED) is 0.611. The van der Waals surface area contributed by atoms with Crippen molar-refractivity contribution in [1.29, 1.82) is 0 Å². The lowest BCUT2D eigenvalue weighted by molar-refractivity contribution is 0.122. The number of aromatic nitrogens is 2. The Bertz CT molecular complexity index is 697. The third-order valence-corrected chi connectivity index (χ3v) is 5.98. The van der Waals surface area contributed by atoms with Gasteiger partial charge in [-0.1, -0.05) is 11.6 Å². The number of rotatable bonds is 3. The second-order valence-electron chi connectivity index (χ2n) is 6.32. The maximum absolute atomic E-state index is 6.75. The Morgan fingerprint density at radius 2 is 1.88 bits per heavy atom. The van der Waals surface area contributed by atoms with Crippen LogP contribution >= 0.6 is 22.9 Å². The van der Waals surface area contributed by atoms with E-state index in [0.29, 0.717) is 0 Å². The van der Waals surface area contributed by atoms with E-state index in [9.17, 15) is 0 Å². The number of piperazine rings is 1. The van der Waals surface area contributed by atoms with E-state index in [1.54, 1.807) is 11.3 Å². The van der Waals surface area contributed by atoms with Gasteiger partial charge < -0.3 is 14.5 Å². The number of anilines is 1. The highest BCUT2D eigenvalue weighted by molar-refractivity contribution is 7.16.